The number of carboxylic acids is 1. The van der Waals surface area contributed by atoms with Gasteiger partial charge in [0, 0.05) is 0 Å². The highest BCUT2D eigenvalue weighted by molar-refractivity contribution is 5.99. The Morgan fingerprint density at radius 3 is 2.57 bits per heavy atom. The normalized spacial score (nSPS) is 22.2. The Hall–Kier alpha value is -2.37. The molecule has 6 nitrogen and oxygen atoms in total. The van der Waals surface area contributed by atoms with Gasteiger partial charge in [-0.1, -0.05) is 30.7 Å². The van der Waals surface area contributed by atoms with Gasteiger partial charge in [-0.2, -0.15) is 0 Å². The summed E-state index contributed by atoms with van der Waals surface area (Å²) in [7, 11) is 1.22. The minimum atomic E-state index is -1.08. The van der Waals surface area contributed by atoms with Crippen LogP contribution in [-0.2, 0) is 32.0 Å². The number of hydrogen-bond acceptors (Lipinski definition) is 4. The fraction of sp³-hybridized carbons (Fsp3) is 0.471. The minimum Gasteiger partial charge on any atom is -0.480 e. The lowest BCUT2D eigenvalue weighted by Crippen LogP contribution is -2.46. The number of fused-ring (bicyclic) bond motifs is 1. The number of aryl methyl sites for hydroxylation is 1. The first-order valence-electron chi connectivity index (χ1n) is 7.70. The molecule has 124 valence electrons. The predicted molar refractivity (Wildman–Crippen MR) is 82.8 cm³/mol. The summed E-state index contributed by atoms with van der Waals surface area (Å²) in [5.41, 5.74) is 2.01. The van der Waals surface area contributed by atoms with Gasteiger partial charge in [-0.15, -0.1) is 0 Å². The lowest BCUT2D eigenvalue weighted by atomic mass is 9.93. The Labute approximate surface area is 134 Å². The highest BCUT2D eigenvalue weighted by atomic mass is 16.5. The van der Waals surface area contributed by atoms with E-state index in [4.69, 9.17) is 4.74 Å². The average molecular weight is 319 g/mol. The van der Waals surface area contributed by atoms with E-state index in [1.807, 2.05) is 24.3 Å². The third-order valence-electron chi connectivity index (χ3n) is 4.15. The van der Waals surface area contributed by atoms with Crippen LogP contribution in [0.4, 0.5) is 0 Å². The number of carbonyl (C=O) groups is 3. The second-order valence-electron chi connectivity index (χ2n) is 5.69. The smallest absolute Gasteiger partial charge is 0.326 e. The summed E-state index contributed by atoms with van der Waals surface area (Å²) in [6, 6.07) is 6.69. The standard InChI is InChI=1S/C17H21NO5/c1-23-17(22)13-10-12-8-3-2-6-11(12)7-4-5-9-14(16(20)21)18-15(13)19/h2-3,6,8,13-14H,4-5,7,9-10H2,1H3,(H,18,19)(H,20,21)/t13?,14-/m0/s1. The molecule has 0 bridgehead atoms. The van der Waals surface area contributed by atoms with Gasteiger partial charge in [0.15, 0.2) is 0 Å². The first-order valence-corrected chi connectivity index (χ1v) is 7.70. The quantitative estimate of drug-likeness (QED) is 0.633. The van der Waals surface area contributed by atoms with Crippen LogP contribution in [0.1, 0.15) is 30.4 Å². The molecular formula is C17H21NO5. The zero-order chi connectivity index (χ0) is 16.8. The number of nitrogens with one attached hydrogen (secondary N) is 1. The first kappa shape index (κ1) is 17.0. The van der Waals surface area contributed by atoms with Crippen LogP contribution < -0.4 is 5.32 Å². The zero-order valence-electron chi connectivity index (χ0n) is 13.1. The van der Waals surface area contributed by atoms with Crippen LogP contribution in [0, 0.1) is 5.92 Å². The van der Waals surface area contributed by atoms with Gasteiger partial charge in [-0.05, 0) is 36.8 Å². The number of benzene rings is 1. The van der Waals surface area contributed by atoms with E-state index in [1.165, 1.54) is 7.11 Å². The molecule has 1 aromatic carbocycles. The maximum Gasteiger partial charge on any atom is 0.326 e. The highest BCUT2D eigenvalue weighted by Crippen LogP contribution is 2.20. The van der Waals surface area contributed by atoms with Crippen LogP contribution in [0.25, 0.3) is 0 Å². The number of rotatable bonds is 2. The number of carbonyl (C=O) groups excluding carboxylic acids is 2. The van der Waals surface area contributed by atoms with Crippen molar-refractivity contribution in [3.8, 4) is 0 Å². The molecule has 0 aromatic heterocycles. The monoisotopic (exact) mass is 319 g/mol. The van der Waals surface area contributed by atoms with E-state index in [2.05, 4.69) is 5.32 Å². The van der Waals surface area contributed by atoms with Crippen molar-refractivity contribution in [2.75, 3.05) is 7.11 Å². The van der Waals surface area contributed by atoms with Crippen molar-refractivity contribution in [2.24, 2.45) is 5.92 Å². The fourth-order valence-electron chi connectivity index (χ4n) is 2.84. The largest absolute Gasteiger partial charge is 0.480 e. The Morgan fingerprint density at radius 2 is 1.91 bits per heavy atom. The maximum absolute atomic E-state index is 12.4. The Bertz CT molecular complexity index is 598. The third kappa shape index (κ3) is 4.31. The number of ether oxygens (including phenoxy) is 1. The molecule has 1 aliphatic rings. The van der Waals surface area contributed by atoms with Gasteiger partial charge in [0.25, 0.3) is 0 Å². The molecule has 1 aromatic rings. The molecule has 2 atom stereocenters. The van der Waals surface area contributed by atoms with Gasteiger partial charge < -0.3 is 15.2 Å². The minimum absolute atomic E-state index is 0.209. The van der Waals surface area contributed by atoms with Gasteiger partial charge in [-0.3, -0.25) is 9.59 Å². The summed E-state index contributed by atoms with van der Waals surface area (Å²) in [5, 5.41) is 11.7. The Morgan fingerprint density at radius 1 is 1.22 bits per heavy atom. The molecule has 0 radical (unpaired) electrons. The summed E-state index contributed by atoms with van der Waals surface area (Å²) in [6.45, 7) is 0. The molecule has 0 fully saturated rings. The second kappa shape index (κ2) is 7.76. The van der Waals surface area contributed by atoms with Crippen LogP contribution >= 0.6 is 0 Å². The summed E-state index contributed by atoms with van der Waals surface area (Å²) < 4.78 is 4.72. The summed E-state index contributed by atoms with van der Waals surface area (Å²) in [4.78, 5) is 35.7. The molecule has 1 unspecified atom stereocenters. The van der Waals surface area contributed by atoms with Crippen LogP contribution in [0.3, 0.4) is 0 Å². The summed E-state index contributed by atoms with van der Waals surface area (Å²) >= 11 is 0. The molecule has 1 heterocycles. The second-order valence-corrected chi connectivity index (χ2v) is 5.69. The van der Waals surface area contributed by atoms with Gasteiger partial charge >= 0.3 is 11.9 Å². The maximum atomic E-state index is 12.4. The SMILES string of the molecule is COC(=O)C1Cc2ccccc2CCCC[C@@H](C(=O)O)NC1=O. The number of hydrogen-bond donors (Lipinski definition) is 2. The van der Waals surface area contributed by atoms with Crippen molar-refractivity contribution < 1.29 is 24.2 Å². The lowest BCUT2D eigenvalue weighted by molar-refractivity contribution is -0.152. The molecule has 2 N–H and O–H groups in total. The molecule has 0 aliphatic carbocycles. The number of methoxy groups -OCH3 is 1. The van der Waals surface area contributed by atoms with E-state index in [0.29, 0.717) is 12.8 Å². The highest BCUT2D eigenvalue weighted by Gasteiger charge is 2.32. The van der Waals surface area contributed by atoms with E-state index in [1.54, 1.807) is 0 Å². The van der Waals surface area contributed by atoms with Gasteiger partial charge in [-0.25, -0.2) is 4.79 Å². The van der Waals surface area contributed by atoms with E-state index < -0.39 is 29.8 Å². The topological polar surface area (TPSA) is 92.7 Å². The van der Waals surface area contributed by atoms with Crippen LogP contribution in [0.5, 0.6) is 0 Å². The van der Waals surface area contributed by atoms with Crippen molar-refractivity contribution in [3.05, 3.63) is 35.4 Å². The average Bonchev–Trinajstić information content (AvgIpc) is 2.57. The van der Waals surface area contributed by atoms with Crippen molar-refractivity contribution >= 4 is 17.8 Å². The molecule has 6 heteroatoms. The number of esters is 1. The van der Waals surface area contributed by atoms with Gasteiger partial charge in [0.05, 0.1) is 7.11 Å². The van der Waals surface area contributed by atoms with Crippen molar-refractivity contribution in [1.29, 1.82) is 0 Å². The first-order chi connectivity index (χ1) is 11.0. The number of carboxylic acid groups (broad SMARTS) is 1. The Balaban J connectivity index is 2.33. The molecular weight excluding hydrogens is 298 g/mol. The fourth-order valence-corrected chi connectivity index (χ4v) is 2.84. The van der Waals surface area contributed by atoms with Crippen molar-refractivity contribution in [1.82, 2.24) is 5.32 Å². The van der Waals surface area contributed by atoms with Crippen molar-refractivity contribution in [2.45, 2.75) is 38.1 Å². The van der Waals surface area contributed by atoms with Crippen LogP contribution in [0.15, 0.2) is 24.3 Å². The van der Waals surface area contributed by atoms with E-state index in [0.717, 1.165) is 24.0 Å². The molecule has 1 aliphatic heterocycles. The van der Waals surface area contributed by atoms with Crippen LogP contribution in [0.2, 0.25) is 0 Å². The molecule has 2 rings (SSSR count). The lowest BCUT2D eigenvalue weighted by Gasteiger charge is -2.18. The van der Waals surface area contributed by atoms with E-state index in [-0.39, 0.29) is 6.42 Å². The zero-order valence-corrected chi connectivity index (χ0v) is 13.1. The van der Waals surface area contributed by atoms with E-state index >= 15 is 0 Å². The van der Waals surface area contributed by atoms with Gasteiger partial charge in [0.2, 0.25) is 5.91 Å². The molecule has 23 heavy (non-hydrogen) atoms. The summed E-state index contributed by atoms with van der Waals surface area (Å²) in [6.07, 6.45) is 2.87. The van der Waals surface area contributed by atoms with E-state index in [9.17, 15) is 19.5 Å². The molecule has 0 spiro atoms. The molecule has 0 saturated heterocycles. The Kier molecular flexibility index (Phi) is 5.73. The number of amides is 1. The molecule has 1 amide bonds. The van der Waals surface area contributed by atoms with Crippen LogP contribution in [-0.4, -0.2) is 36.1 Å². The number of aliphatic carboxylic acids is 1. The summed E-state index contributed by atoms with van der Waals surface area (Å²) in [5.74, 6) is -3.37. The van der Waals surface area contributed by atoms with Crippen molar-refractivity contribution in [3.63, 3.8) is 0 Å². The predicted octanol–water partition coefficient (Wildman–Crippen LogP) is 1.31. The third-order valence-corrected chi connectivity index (χ3v) is 4.15. The van der Waals surface area contributed by atoms with Gasteiger partial charge in [0.1, 0.15) is 12.0 Å². The molecule has 0 saturated carbocycles.